The third-order valence-electron chi connectivity index (χ3n) is 3.55. The number of H-pyrrole nitrogens is 1. The van der Waals surface area contributed by atoms with Crippen molar-refractivity contribution < 1.29 is 4.79 Å². The maximum atomic E-state index is 12.3. The van der Waals surface area contributed by atoms with Gasteiger partial charge in [-0.05, 0) is 56.0 Å². The third-order valence-corrected chi connectivity index (χ3v) is 4.68. The van der Waals surface area contributed by atoms with E-state index in [0.717, 1.165) is 27.5 Å². The van der Waals surface area contributed by atoms with E-state index < -0.39 is 0 Å². The fourth-order valence-corrected chi connectivity index (χ4v) is 4.06. The number of anilines is 1. The van der Waals surface area contributed by atoms with Crippen molar-refractivity contribution in [2.24, 2.45) is 0 Å². The van der Waals surface area contributed by atoms with Crippen molar-refractivity contribution in [2.45, 2.75) is 50.8 Å². The van der Waals surface area contributed by atoms with Gasteiger partial charge in [-0.15, -0.1) is 0 Å². The van der Waals surface area contributed by atoms with E-state index in [4.69, 9.17) is 0 Å². The van der Waals surface area contributed by atoms with Gasteiger partial charge >= 0.3 is 0 Å². The van der Waals surface area contributed by atoms with Gasteiger partial charge in [0.05, 0.1) is 0 Å². The van der Waals surface area contributed by atoms with Crippen LogP contribution in [0.25, 0.3) is 0 Å². The van der Waals surface area contributed by atoms with Crippen LogP contribution < -0.4 is 10.9 Å². The van der Waals surface area contributed by atoms with E-state index in [-0.39, 0.29) is 11.5 Å². The highest BCUT2D eigenvalue weighted by Gasteiger charge is 2.17. The number of pyridine rings is 1. The van der Waals surface area contributed by atoms with Gasteiger partial charge < -0.3 is 10.3 Å². The second-order valence-electron chi connectivity index (χ2n) is 5.72. The highest BCUT2D eigenvalue weighted by molar-refractivity contribution is 7.99. The Balaban J connectivity index is 2.62. The van der Waals surface area contributed by atoms with Gasteiger partial charge in [-0.25, -0.2) is 0 Å². The van der Waals surface area contributed by atoms with Crippen LogP contribution in [0.2, 0.25) is 0 Å². The summed E-state index contributed by atoms with van der Waals surface area (Å²) in [6, 6.07) is 6.29. The molecule has 1 aromatic heterocycles. The van der Waals surface area contributed by atoms with E-state index in [1.165, 1.54) is 29.8 Å². The molecule has 0 unspecified atom stereocenters. The average molecular weight is 330 g/mol. The molecule has 2 N–H and O–H groups in total. The van der Waals surface area contributed by atoms with E-state index in [0.29, 0.717) is 5.69 Å². The van der Waals surface area contributed by atoms with E-state index in [9.17, 15) is 9.59 Å². The van der Waals surface area contributed by atoms with Crippen LogP contribution in [0.5, 0.6) is 0 Å². The first-order valence-electron chi connectivity index (χ1n) is 7.61. The summed E-state index contributed by atoms with van der Waals surface area (Å²) in [6.07, 6.45) is 0.780. The lowest BCUT2D eigenvalue weighted by Crippen LogP contribution is -2.21. The number of hydrogen-bond acceptors (Lipinski definition) is 3. The number of nitrogens with one attached hydrogen (secondary N) is 2. The molecule has 23 heavy (non-hydrogen) atoms. The second kappa shape index (κ2) is 7.04. The smallest absolute Gasteiger partial charge is 0.273 e. The van der Waals surface area contributed by atoms with Crippen molar-refractivity contribution in [2.75, 3.05) is 5.32 Å². The van der Waals surface area contributed by atoms with Gasteiger partial charge in [0.2, 0.25) is 5.91 Å². The number of hydrogen-bond donors (Lipinski definition) is 2. The Kier molecular flexibility index (Phi) is 5.31. The molecule has 0 spiro atoms. The van der Waals surface area contributed by atoms with E-state index in [2.05, 4.69) is 42.3 Å². The number of carbonyl (C=O) groups is 1. The monoisotopic (exact) mass is 330 g/mol. The minimum Gasteiger partial charge on any atom is -0.324 e. The minimum atomic E-state index is -0.262. The molecule has 2 aromatic rings. The topological polar surface area (TPSA) is 62.0 Å². The first kappa shape index (κ1) is 17.3. The normalized spacial score (nSPS) is 10.7. The Morgan fingerprint density at radius 2 is 1.78 bits per heavy atom. The van der Waals surface area contributed by atoms with E-state index >= 15 is 0 Å². The maximum absolute atomic E-state index is 12.3. The molecule has 2 rings (SSSR count). The lowest BCUT2D eigenvalue weighted by atomic mass is 10.1. The van der Waals surface area contributed by atoms with Crippen LogP contribution >= 0.6 is 11.8 Å². The summed E-state index contributed by atoms with van der Waals surface area (Å²) in [7, 11) is 0. The minimum absolute atomic E-state index is 0.247. The Morgan fingerprint density at radius 1 is 1.17 bits per heavy atom. The van der Waals surface area contributed by atoms with Crippen LogP contribution in [0, 0.1) is 20.8 Å². The molecule has 0 radical (unpaired) electrons. The zero-order valence-electron chi connectivity index (χ0n) is 14.2. The van der Waals surface area contributed by atoms with Gasteiger partial charge in [0.1, 0.15) is 5.69 Å². The van der Waals surface area contributed by atoms with Crippen molar-refractivity contribution in [1.82, 2.24) is 4.98 Å². The average Bonchev–Trinajstić information content (AvgIpc) is 2.42. The van der Waals surface area contributed by atoms with E-state index in [1.807, 2.05) is 13.8 Å². The maximum Gasteiger partial charge on any atom is 0.273 e. The fourth-order valence-electron chi connectivity index (χ4n) is 2.67. The van der Waals surface area contributed by atoms with Crippen LogP contribution in [-0.2, 0) is 11.2 Å². The van der Waals surface area contributed by atoms with Crippen molar-refractivity contribution in [3.63, 3.8) is 0 Å². The van der Waals surface area contributed by atoms with Crippen LogP contribution in [0.3, 0.4) is 0 Å². The number of carbonyl (C=O) groups excluding carboxylic acids is 1. The van der Waals surface area contributed by atoms with Gasteiger partial charge in [0, 0.05) is 22.4 Å². The lowest BCUT2D eigenvalue weighted by molar-refractivity contribution is -0.114. The predicted molar refractivity (Wildman–Crippen MR) is 95.5 cm³/mol. The third kappa shape index (κ3) is 4.05. The first-order chi connectivity index (χ1) is 10.8. The number of aryl methyl sites for hydroxylation is 3. The van der Waals surface area contributed by atoms with Crippen molar-refractivity contribution in [3.05, 3.63) is 50.9 Å². The number of aromatic amines is 1. The second-order valence-corrected chi connectivity index (χ2v) is 6.81. The summed E-state index contributed by atoms with van der Waals surface area (Å²) < 4.78 is 0. The molecule has 0 bridgehead atoms. The number of benzene rings is 1. The highest BCUT2D eigenvalue weighted by atomic mass is 32.2. The van der Waals surface area contributed by atoms with Gasteiger partial charge in [-0.2, -0.15) is 0 Å². The molecule has 5 heteroatoms. The SMILES string of the molecule is CCc1c(C)[nH]c(=O)c(NC(C)=O)c1Sc1cc(C)cc(C)c1. The van der Waals surface area contributed by atoms with Gasteiger partial charge in [0.15, 0.2) is 0 Å². The molecule has 1 aromatic carbocycles. The lowest BCUT2D eigenvalue weighted by Gasteiger charge is -2.16. The fraction of sp³-hybridized carbons (Fsp3) is 0.333. The number of amides is 1. The Labute approximate surface area is 140 Å². The van der Waals surface area contributed by atoms with Gasteiger partial charge in [-0.3, -0.25) is 9.59 Å². The zero-order chi connectivity index (χ0) is 17.1. The quantitative estimate of drug-likeness (QED) is 0.891. The molecule has 0 saturated carbocycles. The van der Waals surface area contributed by atoms with Crippen LogP contribution in [-0.4, -0.2) is 10.9 Å². The predicted octanol–water partition coefficient (Wildman–Crippen LogP) is 3.97. The number of aromatic nitrogens is 1. The molecular weight excluding hydrogens is 308 g/mol. The first-order valence-corrected chi connectivity index (χ1v) is 8.43. The molecule has 122 valence electrons. The molecule has 0 atom stereocenters. The molecule has 1 heterocycles. The van der Waals surface area contributed by atoms with Crippen molar-refractivity contribution in [1.29, 1.82) is 0 Å². The Morgan fingerprint density at radius 3 is 2.30 bits per heavy atom. The Hall–Kier alpha value is -2.01. The Bertz CT molecular complexity index is 789. The van der Waals surface area contributed by atoms with Crippen LogP contribution in [0.4, 0.5) is 5.69 Å². The number of rotatable bonds is 4. The molecule has 0 aliphatic rings. The zero-order valence-corrected chi connectivity index (χ0v) is 15.0. The molecule has 0 saturated heterocycles. The molecule has 4 nitrogen and oxygen atoms in total. The van der Waals surface area contributed by atoms with Gasteiger partial charge in [0.25, 0.3) is 5.56 Å². The molecule has 0 aliphatic carbocycles. The largest absolute Gasteiger partial charge is 0.324 e. The summed E-state index contributed by atoms with van der Waals surface area (Å²) in [5, 5.41) is 2.69. The van der Waals surface area contributed by atoms with Crippen molar-refractivity contribution >= 4 is 23.4 Å². The summed E-state index contributed by atoms with van der Waals surface area (Å²) in [5.41, 5.74) is 4.32. The summed E-state index contributed by atoms with van der Waals surface area (Å²) in [5.74, 6) is -0.247. The van der Waals surface area contributed by atoms with E-state index in [1.54, 1.807) is 0 Å². The molecular formula is C18H22N2O2S. The van der Waals surface area contributed by atoms with Crippen LogP contribution in [0.1, 0.15) is 36.2 Å². The summed E-state index contributed by atoms with van der Waals surface area (Å²) in [6.45, 7) is 9.45. The molecule has 0 fully saturated rings. The standard InChI is InChI=1S/C18H22N2O2S/c1-6-15-12(4)19-18(22)16(20-13(5)21)17(15)23-14-8-10(2)7-11(3)9-14/h7-9H,6H2,1-5H3,(H,19,22)(H,20,21). The molecule has 0 aliphatic heterocycles. The molecule has 1 amide bonds. The van der Waals surface area contributed by atoms with Crippen molar-refractivity contribution in [3.8, 4) is 0 Å². The summed E-state index contributed by atoms with van der Waals surface area (Å²) >= 11 is 1.53. The highest BCUT2D eigenvalue weighted by Crippen LogP contribution is 2.36. The van der Waals surface area contributed by atoms with Gasteiger partial charge in [-0.1, -0.05) is 24.8 Å². The summed E-state index contributed by atoms with van der Waals surface area (Å²) in [4.78, 5) is 28.5. The van der Waals surface area contributed by atoms with Crippen LogP contribution in [0.15, 0.2) is 32.8 Å².